The van der Waals surface area contributed by atoms with Gasteiger partial charge in [0.15, 0.2) is 0 Å². The molecule has 0 aliphatic carbocycles. The fourth-order valence-electron chi connectivity index (χ4n) is 1.20. The minimum absolute atomic E-state index is 0.0205. The largest absolute Gasteiger partial charge is 0.351 e. The zero-order valence-corrected chi connectivity index (χ0v) is 11.7. The monoisotopic (exact) mass is 307 g/mol. The maximum absolute atomic E-state index is 11.8. The van der Waals surface area contributed by atoms with Gasteiger partial charge < -0.3 is 10.7 Å². The van der Waals surface area contributed by atoms with E-state index in [1.165, 1.54) is 19.2 Å². The predicted molar refractivity (Wildman–Crippen MR) is 72.2 cm³/mol. The van der Waals surface area contributed by atoms with Crippen LogP contribution in [0.1, 0.15) is 10.4 Å². The lowest BCUT2D eigenvalue weighted by Gasteiger charge is -2.07. The number of nitrogen functional groups attached to an aromatic ring is 1. The molecule has 0 spiro atoms. The van der Waals surface area contributed by atoms with Crippen LogP contribution >= 0.6 is 11.6 Å². The Bertz CT molecular complexity index is 563. The first-order chi connectivity index (χ1) is 8.88. The number of carbonyl (C=O) groups excluding carboxylic acids is 1. The molecular weight excluding hydrogens is 294 g/mol. The first-order valence-corrected chi connectivity index (χ1v) is 7.24. The van der Waals surface area contributed by atoms with Crippen LogP contribution in [0, 0.1) is 0 Å². The van der Waals surface area contributed by atoms with Crippen molar-refractivity contribution in [2.24, 2.45) is 5.84 Å². The number of hydrogen-bond acceptors (Lipinski definition) is 6. The molecule has 0 unspecified atom stereocenters. The Morgan fingerprint density at radius 3 is 2.74 bits per heavy atom. The molecule has 106 valence electrons. The molecule has 0 aliphatic rings. The molecule has 5 N–H and O–H groups in total. The van der Waals surface area contributed by atoms with Gasteiger partial charge in [-0.15, -0.1) is 0 Å². The van der Waals surface area contributed by atoms with E-state index < -0.39 is 15.9 Å². The Balaban J connectivity index is 2.66. The predicted octanol–water partition coefficient (Wildman–Crippen LogP) is -0.700. The fourth-order valence-corrected chi connectivity index (χ4v) is 1.99. The van der Waals surface area contributed by atoms with Crippen molar-refractivity contribution in [1.29, 1.82) is 0 Å². The smallest absolute Gasteiger partial charge is 0.251 e. The van der Waals surface area contributed by atoms with Crippen molar-refractivity contribution in [3.63, 3.8) is 0 Å². The van der Waals surface area contributed by atoms with Gasteiger partial charge in [0.2, 0.25) is 10.0 Å². The second-order valence-corrected chi connectivity index (χ2v) is 5.92. The van der Waals surface area contributed by atoms with E-state index in [0.29, 0.717) is 0 Å². The summed E-state index contributed by atoms with van der Waals surface area (Å²) in [7, 11) is -2.05. The van der Waals surface area contributed by atoms with Crippen LogP contribution in [0.5, 0.6) is 0 Å². The van der Waals surface area contributed by atoms with Crippen molar-refractivity contribution >= 4 is 33.3 Å². The number of sulfonamides is 1. The van der Waals surface area contributed by atoms with Crippen LogP contribution in [0.25, 0.3) is 0 Å². The minimum atomic E-state index is -3.35. The summed E-state index contributed by atoms with van der Waals surface area (Å²) in [4.78, 5) is 15.6. The van der Waals surface area contributed by atoms with Crippen LogP contribution in [0.4, 0.5) is 5.82 Å². The van der Waals surface area contributed by atoms with Crippen molar-refractivity contribution in [3.8, 4) is 0 Å². The first-order valence-electron chi connectivity index (χ1n) is 5.21. The molecule has 10 heteroatoms. The maximum atomic E-state index is 11.8. The Labute approximate surface area is 115 Å². The number of nitrogens with zero attached hydrogens (tertiary/aromatic N) is 1. The number of amides is 1. The summed E-state index contributed by atoms with van der Waals surface area (Å²) < 4.78 is 24.4. The molecule has 1 rings (SSSR count). The normalized spacial score (nSPS) is 11.1. The molecule has 1 aromatic heterocycles. The summed E-state index contributed by atoms with van der Waals surface area (Å²) in [5, 5.41) is 2.56. The highest BCUT2D eigenvalue weighted by atomic mass is 35.5. The van der Waals surface area contributed by atoms with Crippen molar-refractivity contribution in [1.82, 2.24) is 15.0 Å². The molecule has 1 amide bonds. The molecule has 1 heterocycles. The molecule has 1 aromatic rings. The van der Waals surface area contributed by atoms with Crippen molar-refractivity contribution in [2.75, 3.05) is 24.8 Å². The summed E-state index contributed by atoms with van der Waals surface area (Å²) in [5.74, 6) is 4.73. The Kier molecular flexibility index (Phi) is 5.48. The lowest BCUT2D eigenvalue weighted by atomic mass is 10.2. The van der Waals surface area contributed by atoms with Gasteiger partial charge in [-0.1, -0.05) is 11.6 Å². The number of pyridine rings is 1. The van der Waals surface area contributed by atoms with E-state index in [1.807, 2.05) is 0 Å². The SMILES string of the molecule is CNS(=O)(=O)CCNC(=O)c1cc(Cl)nc(NN)c1. The van der Waals surface area contributed by atoms with E-state index in [4.69, 9.17) is 17.4 Å². The van der Waals surface area contributed by atoms with E-state index in [1.54, 1.807) is 0 Å². The van der Waals surface area contributed by atoms with Gasteiger partial charge in [0.1, 0.15) is 11.0 Å². The standard InChI is InChI=1S/C9H14ClN5O3S/c1-12-19(17,18)3-2-13-9(16)6-4-7(10)14-8(5-6)15-11/h4-5,12H,2-3,11H2,1H3,(H,13,16)(H,14,15). The number of nitrogens with one attached hydrogen (secondary N) is 3. The van der Waals surface area contributed by atoms with Gasteiger partial charge in [-0.2, -0.15) is 0 Å². The second kappa shape index (κ2) is 6.66. The van der Waals surface area contributed by atoms with E-state index in [2.05, 4.69) is 20.4 Å². The maximum Gasteiger partial charge on any atom is 0.251 e. The summed E-state index contributed by atoms with van der Waals surface area (Å²) in [6.45, 7) is -0.0205. The van der Waals surface area contributed by atoms with Crippen LogP contribution in [0.3, 0.4) is 0 Å². The van der Waals surface area contributed by atoms with Gasteiger partial charge in [-0.25, -0.2) is 24.0 Å². The molecular formula is C9H14ClN5O3S. The first kappa shape index (κ1) is 15.6. The third kappa shape index (κ3) is 4.99. The summed E-state index contributed by atoms with van der Waals surface area (Å²) in [6, 6.07) is 2.75. The molecule has 0 saturated carbocycles. The molecule has 0 saturated heterocycles. The van der Waals surface area contributed by atoms with E-state index in [0.717, 1.165) is 0 Å². The van der Waals surface area contributed by atoms with Crippen molar-refractivity contribution in [2.45, 2.75) is 0 Å². The van der Waals surface area contributed by atoms with Crippen LogP contribution in [-0.2, 0) is 10.0 Å². The third-order valence-electron chi connectivity index (χ3n) is 2.17. The summed E-state index contributed by atoms with van der Waals surface area (Å²) in [5.41, 5.74) is 2.50. The van der Waals surface area contributed by atoms with Crippen molar-refractivity contribution in [3.05, 3.63) is 22.8 Å². The number of nitrogens with two attached hydrogens (primary N) is 1. The van der Waals surface area contributed by atoms with Crippen LogP contribution in [0.2, 0.25) is 5.15 Å². The second-order valence-electron chi connectivity index (χ2n) is 3.49. The topological polar surface area (TPSA) is 126 Å². The van der Waals surface area contributed by atoms with E-state index >= 15 is 0 Å². The fraction of sp³-hybridized carbons (Fsp3) is 0.333. The Morgan fingerprint density at radius 2 is 2.16 bits per heavy atom. The molecule has 0 aromatic carbocycles. The van der Waals surface area contributed by atoms with Crippen LogP contribution in [0.15, 0.2) is 12.1 Å². The summed E-state index contributed by atoms with van der Waals surface area (Å²) in [6.07, 6.45) is 0. The van der Waals surface area contributed by atoms with Crippen molar-refractivity contribution < 1.29 is 13.2 Å². The highest BCUT2D eigenvalue weighted by Crippen LogP contribution is 2.13. The highest BCUT2D eigenvalue weighted by Gasteiger charge is 2.11. The zero-order chi connectivity index (χ0) is 14.5. The van der Waals surface area contributed by atoms with E-state index in [-0.39, 0.29) is 28.8 Å². The molecule has 0 fully saturated rings. The third-order valence-corrected chi connectivity index (χ3v) is 3.73. The van der Waals surface area contributed by atoms with Gasteiger partial charge in [0, 0.05) is 12.1 Å². The average Bonchev–Trinajstić information content (AvgIpc) is 2.37. The number of aromatic nitrogens is 1. The van der Waals surface area contributed by atoms with Crippen LogP contribution < -0.4 is 21.3 Å². The van der Waals surface area contributed by atoms with Gasteiger partial charge in [-0.05, 0) is 19.2 Å². The Hall–Kier alpha value is -1.42. The quantitative estimate of drug-likeness (QED) is 0.313. The highest BCUT2D eigenvalue weighted by molar-refractivity contribution is 7.89. The Morgan fingerprint density at radius 1 is 1.47 bits per heavy atom. The number of carbonyl (C=O) groups is 1. The van der Waals surface area contributed by atoms with Crippen LogP contribution in [-0.4, -0.2) is 38.7 Å². The van der Waals surface area contributed by atoms with Gasteiger partial charge >= 0.3 is 0 Å². The lowest BCUT2D eigenvalue weighted by Crippen LogP contribution is -2.33. The number of halogens is 1. The van der Waals surface area contributed by atoms with Gasteiger partial charge in [-0.3, -0.25) is 4.79 Å². The molecule has 19 heavy (non-hydrogen) atoms. The molecule has 8 nitrogen and oxygen atoms in total. The van der Waals surface area contributed by atoms with Gasteiger partial charge in [0.05, 0.1) is 5.75 Å². The molecule has 0 bridgehead atoms. The average molecular weight is 308 g/mol. The van der Waals surface area contributed by atoms with Gasteiger partial charge in [0.25, 0.3) is 5.91 Å². The molecule has 0 radical (unpaired) electrons. The number of hydrogen-bond donors (Lipinski definition) is 4. The molecule has 0 aliphatic heterocycles. The summed E-state index contributed by atoms with van der Waals surface area (Å²) >= 11 is 5.71. The molecule has 0 atom stereocenters. The lowest BCUT2D eigenvalue weighted by molar-refractivity contribution is 0.0956. The zero-order valence-electron chi connectivity index (χ0n) is 10.1. The number of hydrazine groups is 1. The van der Waals surface area contributed by atoms with E-state index in [9.17, 15) is 13.2 Å². The minimum Gasteiger partial charge on any atom is -0.351 e. The number of rotatable bonds is 6. The number of anilines is 1.